The number of H-pyrrole nitrogens is 1. The Labute approximate surface area is 88.6 Å². The van der Waals surface area contributed by atoms with Crippen molar-refractivity contribution in [2.75, 3.05) is 0 Å². The highest BCUT2D eigenvalue weighted by molar-refractivity contribution is 5.84. The molecule has 82 valence electrons. The summed E-state index contributed by atoms with van der Waals surface area (Å²) in [7, 11) is 0. The average molecular weight is 221 g/mol. The summed E-state index contributed by atoms with van der Waals surface area (Å²) in [6, 6.07) is 1.32. The van der Waals surface area contributed by atoms with Crippen LogP contribution in [0.25, 0.3) is 5.95 Å². The quantitative estimate of drug-likeness (QED) is 0.697. The van der Waals surface area contributed by atoms with Gasteiger partial charge in [-0.1, -0.05) is 5.21 Å². The predicted molar refractivity (Wildman–Crippen MR) is 51.5 cm³/mol. The number of nitrogens with one attached hydrogen (secondary N) is 1. The van der Waals surface area contributed by atoms with Gasteiger partial charge in [0.1, 0.15) is 0 Å². The van der Waals surface area contributed by atoms with E-state index in [4.69, 9.17) is 5.11 Å². The Bertz CT molecular complexity index is 600. The van der Waals surface area contributed by atoms with E-state index in [0.717, 1.165) is 4.68 Å². The summed E-state index contributed by atoms with van der Waals surface area (Å²) in [5.41, 5.74) is -0.0508. The SMILES string of the molecule is Cc1cc(=O)[nH]c(-n2cc(C(=O)O)nn2)n1. The van der Waals surface area contributed by atoms with Crippen LogP contribution in [0.1, 0.15) is 16.2 Å². The number of aromatic amines is 1. The van der Waals surface area contributed by atoms with Gasteiger partial charge >= 0.3 is 5.97 Å². The molecule has 0 amide bonds. The van der Waals surface area contributed by atoms with Crippen LogP contribution in [0.4, 0.5) is 0 Å². The van der Waals surface area contributed by atoms with Gasteiger partial charge in [0.05, 0.1) is 6.20 Å². The van der Waals surface area contributed by atoms with Crippen molar-refractivity contribution in [2.24, 2.45) is 0 Å². The van der Waals surface area contributed by atoms with E-state index in [-0.39, 0.29) is 17.2 Å². The Morgan fingerprint density at radius 3 is 2.88 bits per heavy atom. The van der Waals surface area contributed by atoms with Gasteiger partial charge in [-0.15, -0.1) is 5.10 Å². The number of hydrogen-bond acceptors (Lipinski definition) is 5. The molecule has 2 aromatic heterocycles. The summed E-state index contributed by atoms with van der Waals surface area (Å²) >= 11 is 0. The Morgan fingerprint density at radius 2 is 2.31 bits per heavy atom. The Hall–Kier alpha value is -2.51. The third-order valence-corrected chi connectivity index (χ3v) is 1.79. The summed E-state index contributed by atoms with van der Waals surface area (Å²) in [6.07, 6.45) is 1.17. The molecule has 2 N–H and O–H groups in total. The number of carbonyl (C=O) groups is 1. The van der Waals surface area contributed by atoms with Crippen molar-refractivity contribution < 1.29 is 9.90 Å². The Morgan fingerprint density at radius 1 is 1.56 bits per heavy atom. The standard InChI is InChI=1S/C8H7N5O3/c1-4-2-6(14)10-8(9-4)13-3-5(7(15)16)11-12-13/h2-3H,1H3,(H,15,16)(H,9,10,14). The monoisotopic (exact) mass is 221 g/mol. The second-order valence-electron chi connectivity index (χ2n) is 3.06. The van der Waals surface area contributed by atoms with E-state index in [1.54, 1.807) is 6.92 Å². The molecule has 0 bridgehead atoms. The fraction of sp³-hybridized carbons (Fsp3) is 0.125. The number of carboxylic acids is 1. The van der Waals surface area contributed by atoms with Crippen LogP contribution in [0, 0.1) is 6.92 Å². The van der Waals surface area contributed by atoms with Crippen molar-refractivity contribution in [2.45, 2.75) is 6.92 Å². The molecular formula is C8H7N5O3. The zero-order valence-corrected chi connectivity index (χ0v) is 8.21. The van der Waals surface area contributed by atoms with Gasteiger partial charge in [0.2, 0.25) is 5.95 Å². The molecule has 0 spiro atoms. The van der Waals surface area contributed by atoms with Gasteiger partial charge in [-0.25, -0.2) is 9.78 Å². The summed E-state index contributed by atoms with van der Waals surface area (Å²) in [6.45, 7) is 1.65. The van der Waals surface area contributed by atoms with Gasteiger partial charge in [-0.05, 0) is 6.92 Å². The lowest BCUT2D eigenvalue weighted by Crippen LogP contribution is -2.13. The molecule has 0 atom stereocenters. The minimum atomic E-state index is -1.19. The molecule has 8 heteroatoms. The van der Waals surface area contributed by atoms with Crippen molar-refractivity contribution >= 4 is 5.97 Å². The van der Waals surface area contributed by atoms with E-state index in [1.165, 1.54) is 12.3 Å². The van der Waals surface area contributed by atoms with Crippen LogP contribution < -0.4 is 5.56 Å². The molecule has 0 saturated heterocycles. The maximum atomic E-state index is 11.2. The molecule has 0 saturated carbocycles. The fourth-order valence-corrected chi connectivity index (χ4v) is 1.14. The van der Waals surface area contributed by atoms with Crippen molar-refractivity contribution in [1.29, 1.82) is 0 Å². The van der Waals surface area contributed by atoms with Crippen LogP contribution in [0.2, 0.25) is 0 Å². The summed E-state index contributed by atoms with van der Waals surface area (Å²) < 4.78 is 1.10. The van der Waals surface area contributed by atoms with Crippen LogP contribution in [0.5, 0.6) is 0 Å². The van der Waals surface area contributed by atoms with Crippen LogP contribution in [-0.2, 0) is 0 Å². The van der Waals surface area contributed by atoms with E-state index in [0.29, 0.717) is 5.69 Å². The van der Waals surface area contributed by atoms with Crippen molar-refractivity contribution in [3.63, 3.8) is 0 Å². The van der Waals surface area contributed by atoms with Gasteiger partial charge in [0.25, 0.3) is 5.56 Å². The Balaban J connectivity index is 2.50. The van der Waals surface area contributed by atoms with Crippen LogP contribution in [0.3, 0.4) is 0 Å². The molecule has 0 aliphatic heterocycles. The number of aromatic nitrogens is 5. The topological polar surface area (TPSA) is 114 Å². The largest absolute Gasteiger partial charge is 0.476 e. The highest BCUT2D eigenvalue weighted by atomic mass is 16.4. The molecule has 2 aromatic rings. The van der Waals surface area contributed by atoms with Crippen LogP contribution in [0.15, 0.2) is 17.1 Å². The minimum Gasteiger partial charge on any atom is -0.476 e. The summed E-state index contributed by atoms with van der Waals surface area (Å²) in [4.78, 5) is 28.1. The molecule has 16 heavy (non-hydrogen) atoms. The average Bonchev–Trinajstić information content (AvgIpc) is 2.64. The third-order valence-electron chi connectivity index (χ3n) is 1.79. The van der Waals surface area contributed by atoms with E-state index >= 15 is 0 Å². The zero-order chi connectivity index (χ0) is 11.7. The highest BCUT2D eigenvalue weighted by Crippen LogP contribution is 1.99. The van der Waals surface area contributed by atoms with Crippen molar-refractivity contribution in [1.82, 2.24) is 25.0 Å². The molecule has 0 aliphatic rings. The first-order chi connectivity index (χ1) is 7.56. The molecule has 2 heterocycles. The summed E-state index contributed by atoms with van der Waals surface area (Å²) in [5.74, 6) is -1.06. The fourth-order valence-electron chi connectivity index (χ4n) is 1.14. The number of carboxylic acid groups (broad SMARTS) is 1. The lowest BCUT2D eigenvalue weighted by molar-refractivity contribution is 0.0690. The number of aryl methyl sites for hydroxylation is 1. The molecule has 0 fully saturated rings. The molecule has 8 nitrogen and oxygen atoms in total. The smallest absolute Gasteiger partial charge is 0.358 e. The molecule has 0 aromatic carbocycles. The third kappa shape index (κ3) is 1.80. The van der Waals surface area contributed by atoms with Gasteiger partial charge in [0.15, 0.2) is 5.69 Å². The number of nitrogens with zero attached hydrogens (tertiary/aromatic N) is 4. The van der Waals surface area contributed by atoms with Crippen LogP contribution in [-0.4, -0.2) is 36.0 Å². The lowest BCUT2D eigenvalue weighted by atomic mass is 10.4. The van der Waals surface area contributed by atoms with E-state index in [1.807, 2.05) is 0 Å². The zero-order valence-electron chi connectivity index (χ0n) is 8.21. The molecule has 2 rings (SSSR count). The second kappa shape index (κ2) is 3.57. The van der Waals surface area contributed by atoms with Crippen LogP contribution >= 0.6 is 0 Å². The van der Waals surface area contributed by atoms with Crippen molar-refractivity contribution in [3.05, 3.63) is 34.0 Å². The van der Waals surface area contributed by atoms with Gasteiger partial charge in [0, 0.05) is 11.8 Å². The predicted octanol–water partition coefficient (Wildman–Crippen LogP) is -0.643. The van der Waals surface area contributed by atoms with E-state index < -0.39 is 5.97 Å². The molecule has 0 aliphatic carbocycles. The molecule has 0 unspecified atom stereocenters. The van der Waals surface area contributed by atoms with Crippen molar-refractivity contribution in [3.8, 4) is 5.95 Å². The first kappa shape index (κ1) is 10.0. The molecule has 0 radical (unpaired) electrons. The molecular weight excluding hydrogens is 214 g/mol. The maximum absolute atomic E-state index is 11.2. The first-order valence-electron chi connectivity index (χ1n) is 4.30. The van der Waals surface area contributed by atoms with Gasteiger partial charge < -0.3 is 5.11 Å². The lowest BCUT2D eigenvalue weighted by Gasteiger charge is -1.98. The first-order valence-corrected chi connectivity index (χ1v) is 4.30. The number of hydrogen-bond donors (Lipinski definition) is 2. The van der Waals surface area contributed by atoms with E-state index in [9.17, 15) is 9.59 Å². The highest BCUT2D eigenvalue weighted by Gasteiger charge is 2.10. The second-order valence-corrected chi connectivity index (χ2v) is 3.06. The normalized spacial score (nSPS) is 10.3. The number of rotatable bonds is 2. The van der Waals surface area contributed by atoms with Gasteiger partial charge in [-0.2, -0.15) is 4.68 Å². The Kier molecular flexibility index (Phi) is 2.24. The number of aromatic carboxylic acids is 1. The summed E-state index contributed by atoms with van der Waals surface area (Å²) in [5, 5.41) is 15.6. The maximum Gasteiger partial charge on any atom is 0.358 e. The van der Waals surface area contributed by atoms with Gasteiger partial charge in [-0.3, -0.25) is 9.78 Å². The minimum absolute atomic E-state index is 0.130. The van der Waals surface area contributed by atoms with E-state index in [2.05, 4.69) is 20.3 Å².